The second kappa shape index (κ2) is 12.2. The van der Waals surface area contributed by atoms with E-state index in [0.29, 0.717) is 23.5 Å². The maximum absolute atomic E-state index is 12.4. The van der Waals surface area contributed by atoms with Crippen LogP contribution in [0, 0.1) is 6.92 Å². The van der Waals surface area contributed by atoms with Crippen LogP contribution in [0.1, 0.15) is 21.5 Å². The van der Waals surface area contributed by atoms with Crippen LogP contribution in [0.2, 0.25) is 0 Å². The molecule has 0 aliphatic rings. The molecule has 0 aromatic heterocycles. The number of anilines is 3. The number of carbonyl (C=O) groups is 2. The van der Waals surface area contributed by atoms with Crippen molar-refractivity contribution in [2.45, 2.75) is 13.3 Å². The minimum atomic E-state index is -0.179. The molecule has 0 unspecified atom stereocenters. The molecule has 0 fully saturated rings. The van der Waals surface area contributed by atoms with Gasteiger partial charge in [0.1, 0.15) is 5.75 Å². The summed E-state index contributed by atoms with van der Waals surface area (Å²) in [5.74, 6) is 0.396. The van der Waals surface area contributed by atoms with E-state index in [9.17, 15) is 9.59 Å². The molecule has 2 amide bonds. The van der Waals surface area contributed by atoms with Crippen LogP contribution in [0.25, 0.3) is 0 Å². The molecule has 36 heavy (non-hydrogen) atoms. The van der Waals surface area contributed by atoms with Gasteiger partial charge in [0.25, 0.3) is 5.91 Å². The minimum Gasteiger partial charge on any atom is -0.493 e. The first kappa shape index (κ1) is 24.5. The van der Waals surface area contributed by atoms with E-state index in [-0.39, 0.29) is 18.4 Å². The van der Waals surface area contributed by atoms with Crippen molar-refractivity contribution < 1.29 is 14.3 Å². The van der Waals surface area contributed by atoms with E-state index in [1.54, 1.807) is 30.3 Å². The Bertz CT molecular complexity index is 1300. The molecule has 6 heteroatoms. The van der Waals surface area contributed by atoms with Crippen molar-refractivity contribution in [3.63, 3.8) is 0 Å². The number of carbonyl (C=O) groups excluding carboxylic acids is 2. The van der Waals surface area contributed by atoms with Gasteiger partial charge in [-0.2, -0.15) is 0 Å². The average Bonchev–Trinajstić information content (AvgIpc) is 2.89. The summed E-state index contributed by atoms with van der Waals surface area (Å²) >= 11 is 0. The molecule has 4 aromatic carbocycles. The molecule has 3 N–H and O–H groups in total. The van der Waals surface area contributed by atoms with Crippen molar-refractivity contribution in [1.82, 2.24) is 0 Å². The Morgan fingerprint density at radius 2 is 1.44 bits per heavy atom. The smallest absolute Gasteiger partial charge is 0.255 e. The highest BCUT2D eigenvalue weighted by Crippen LogP contribution is 2.18. The van der Waals surface area contributed by atoms with Crippen LogP contribution in [-0.2, 0) is 11.2 Å². The van der Waals surface area contributed by atoms with Gasteiger partial charge >= 0.3 is 0 Å². The van der Waals surface area contributed by atoms with E-state index < -0.39 is 0 Å². The average molecular weight is 480 g/mol. The highest BCUT2D eigenvalue weighted by Gasteiger charge is 2.07. The maximum atomic E-state index is 12.4. The lowest BCUT2D eigenvalue weighted by atomic mass is 10.1. The standard InChI is InChI=1S/C30H29N3O3/c1-22-7-5-10-24(19-22)30(35)33-26-15-13-25(14-16-26)32-29(34)21-31-27-11-6-12-28(20-27)36-18-17-23-8-3-2-4-9-23/h2-16,19-20,31H,17-18,21H2,1H3,(H,32,34)(H,33,35). The van der Waals surface area contributed by atoms with Crippen LogP contribution < -0.4 is 20.7 Å². The number of hydrogen-bond acceptors (Lipinski definition) is 4. The summed E-state index contributed by atoms with van der Waals surface area (Å²) in [4.78, 5) is 24.8. The molecule has 4 rings (SSSR count). The van der Waals surface area contributed by atoms with Crippen LogP contribution in [-0.4, -0.2) is 25.0 Å². The lowest BCUT2D eigenvalue weighted by molar-refractivity contribution is -0.114. The fraction of sp³-hybridized carbons (Fsp3) is 0.133. The first-order chi connectivity index (χ1) is 17.5. The zero-order valence-corrected chi connectivity index (χ0v) is 20.2. The topological polar surface area (TPSA) is 79.5 Å². The van der Waals surface area contributed by atoms with E-state index >= 15 is 0 Å². The number of rotatable bonds is 10. The molecule has 0 spiro atoms. The summed E-state index contributed by atoms with van der Waals surface area (Å²) in [6.07, 6.45) is 0.829. The number of hydrogen-bond donors (Lipinski definition) is 3. The zero-order chi connectivity index (χ0) is 25.2. The normalized spacial score (nSPS) is 10.4. The van der Waals surface area contributed by atoms with Gasteiger partial charge in [-0.3, -0.25) is 9.59 Å². The summed E-state index contributed by atoms with van der Waals surface area (Å²) in [5.41, 5.74) is 4.96. The van der Waals surface area contributed by atoms with Gasteiger partial charge in [0.2, 0.25) is 5.91 Å². The van der Waals surface area contributed by atoms with Crippen molar-refractivity contribution in [3.8, 4) is 5.75 Å². The van der Waals surface area contributed by atoms with Gasteiger partial charge in [-0.25, -0.2) is 0 Å². The van der Waals surface area contributed by atoms with Crippen molar-refractivity contribution in [3.05, 3.63) is 120 Å². The van der Waals surface area contributed by atoms with Gasteiger partial charge in [-0.1, -0.05) is 54.1 Å². The number of aryl methyl sites for hydroxylation is 1. The lowest BCUT2D eigenvalue weighted by Gasteiger charge is -2.11. The van der Waals surface area contributed by atoms with E-state index in [0.717, 1.165) is 23.4 Å². The molecule has 0 saturated heterocycles. The van der Waals surface area contributed by atoms with Gasteiger partial charge in [-0.05, 0) is 61.0 Å². The molecule has 0 radical (unpaired) electrons. The number of amides is 2. The Morgan fingerprint density at radius 1 is 0.722 bits per heavy atom. The molecular weight excluding hydrogens is 450 g/mol. The molecule has 6 nitrogen and oxygen atoms in total. The quantitative estimate of drug-likeness (QED) is 0.264. The van der Waals surface area contributed by atoms with E-state index in [1.165, 1.54) is 5.56 Å². The van der Waals surface area contributed by atoms with Crippen LogP contribution in [0.4, 0.5) is 17.1 Å². The van der Waals surface area contributed by atoms with Gasteiger partial charge in [-0.15, -0.1) is 0 Å². The zero-order valence-electron chi connectivity index (χ0n) is 20.2. The van der Waals surface area contributed by atoms with Crippen molar-refractivity contribution in [1.29, 1.82) is 0 Å². The number of ether oxygens (including phenoxy) is 1. The molecule has 0 saturated carbocycles. The lowest BCUT2D eigenvalue weighted by Crippen LogP contribution is -2.21. The summed E-state index contributed by atoms with van der Waals surface area (Å²) in [7, 11) is 0. The Morgan fingerprint density at radius 3 is 2.19 bits per heavy atom. The first-order valence-corrected chi connectivity index (χ1v) is 11.8. The molecule has 4 aromatic rings. The largest absolute Gasteiger partial charge is 0.493 e. The Balaban J connectivity index is 1.22. The fourth-order valence-electron chi connectivity index (χ4n) is 3.64. The molecule has 0 bridgehead atoms. The van der Waals surface area contributed by atoms with Crippen LogP contribution in [0.15, 0.2) is 103 Å². The summed E-state index contributed by atoms with van der Waals surface area (Å²) in [5, 5.41) is 8.84. The Hall–Kier alpha value is -4.58. The molecule has 0 atom stereocenters. The van der Waals surface area contributed by atoms with E-state index in [4.69, 9.17) is 4.74 Å². The number of nitrogens with one attached hydrogen (secondary N) is 3. The van der Waals surface area contributed by atoms with Crippen molar-refractivity contribution >= 4 is 28.9 Å². The highest BCUT2D eigenvalue weighted by molar-refractivity contribution is 6.04. The molecule has 0 heterocycles. The predicted octanol–water partition coefficient (Wildman–Crippen LogP) is 5.92. The van der Waals surface area contributed by atoms with Crippen LogP contribution >= 0.6 is 0 Å². The number of benzene rings is 4. The molecule has 182 valence electrons. The summed E-state index contributed by atoms with van der Waals surface area (Å²) < 4.78 is 5.86. The molecule has 0 aliphatic heterocycles. The van der Waals surface area contributed by atoms with E-state index in [2.05, 4.69) is 28.1 Å². The monoisotopic (exact) mass is 479 g/mol. The fourth-order valence-corrected chi connectivity index (χ4v) is 3.64. The third-order valence-corrected chi connectivity index (χ3v) is 5.50. The summed E-state index contributed by atoms with van der Waals surface area (Å²) in [6.45, 7) is 2.63. The van der Waals surface area contributed by atoms with Gasteiger partial charge < -0.3 is 20.7 Å². The third kappa shape index (κ3) is 7.46. The Labute approximate surface area is 211 Å². The van der Waals surface area contributed by atoms with Gasteiger partial charge in [0.05, 0.1) is 13.2 Å². The van der Waals surface area contributed by atoms with Crippen LogP contribution in [0.5, 0.6) is 5.75 Å². The van der Waals surface area contributed by atoms with Crippen molar-refractivity contribution in [2.24, 2.45) is 0 Å². The SMILES string of the molecule is Cc1cccc(C(=O)Nc2ccc(NC(=O)CNc3cccc(OCCc4ccccc4)c3)cc2)c1. The molecular formula is C30H29N3O3. The van der Waals surface area contributed by atoms with Crippen LogP contribution in [0.3, 0.4) is 0 Å². The first-order valence-electron chi connectivity index (χ1n) is 11.8. The summed E-state index contributed by atoms with van der Waals surface area (Å²) in [6, 6.07) is 32.2. The third-order valence-electron chi connectivity index (χ3n) is 5.50. The predicted molar refractivity (Wildman–Crippen MR) is 145 cm³/mol. The Kier molecular flexibility index (Phi) is 8.33. The van der Waals surface area contributed by atoms with E-state index in [1.807, 2.05) is 67.6 Å². The molecule has 0 aliphatic carbocycles. The second-order valence-electron chi connectivity index (χ2n) is 8.41. The van der Waals surface area contributed by atoms with Gasteiger partial charge in [0.15, 0.2) is 0 Å². The maximum Gasteiger partial charge on any atom is 0.255 e. The highest BCUT2D eigenvalue weighted by atomic mass is 16.5. The van der Waals surface area contributed by atoms with Crippen molar-refractivity contribution in [2.75, 3.05) is 29.1 Å². The van der Waals surface area contributed by atoms with Gasteiger partial charge in [0, 0.05) is 35.1 Å². The minimum absolute atomic E-state index is 0.110. The second-order valence-corrected chi connectivity index (χ2v) is 8.41.